The summed E-state index contributed by atoms with van der Waals surface area (Å²) in [6.07, 6.45) is 5.66. The van der Waals surface area contributed by atoms with Crippen molar-refractivity contribution in [2.45, 2.75) is 31.7 Å². The Balaban J connectivity index is 2.42. The molecular weight excluding hydrogens is 278 g/mol. The molecule has 3 amide bonds. The lowest BCUT2D eigenvalue weighted by Gasteiger charge is -2.21. The van der Waals surface area contributed by atoms with E-state index in [2.05, 4.69) is 10.6 Å². The number of aliphatic hydroxyl groups excluding tert-OH is 1. The normalized spacial score (nSPS) is 23.3. The maximum absolute atomic E-state index is 12.1. The van der Waals surface area contributed by atoms with E-state index in [1.807, 2.05) is 6.26 Å². The van der Waals surface area contributed by atoms with Gasteiger partial charge in [0, 0.05) is 13.2 Å². The molecule has 20 heavy (non-hydrogen) atoms. The fraction of sp³-hybridized carbons (Fsp3) is 0.846. The average molecular weight is 303 g/mol. The number of hydrogen-bond acceptors (Lipinski definition) is 4. The lowest BCUT2D eigenvalue weighted by molar-refractivity contribution is -0.123. The van der Waals surface area contributed by atoms with Gasteiger partial charge in [0.05, 0.1) is 0 Å². The highest BCUT2D eigenvalue weighted by Crippen LogP contribution is 2.30. The summed E-state index contributed by atoms with van der Waals surface area (Å²) >= 11 is 1.62. The number of rotatable bonds is 8. The van der Waals surface area contributed by atoms with E-state index in [0.29, 0.717) is 18.9 Å². The molecule has 1 aliphatic rings. The maximum atomic E-state index is 12.1. The van der Waals surface area contributed by atoms with Crippen molar-refractivity contribution < 1.29 is 14.7 Å². The van der Waals surface area contributed by atoms with E-state index in [1.165, 1.54) is 0 Å². The van der Waals surface area contributed by atoms with Crippen LogP contribution in [0.3, 0.4) is 0 Å². The molecule has 1 fully saturated rings. The van der Waals surface area contributed by atoms with Crippen molar-refractivity contribution >= 4 is 23.7 Å². The molecule has 6 nitrogen and oxygen atoms in total. The Morgan fingerprint density at radius 1 is 1.40 bits per heavy atom. The van der Waals surface area contributed by atoms with Gasteiger partial charge >= 0.3 is 6.03 Å². The molecule has 1 saturated carbocycles. The fourth-order valence-electron chi connectivity index (χ4n) is 2.65. The highest BCUT2D eigenvalue weighted by atomic mass is 32.2. The standard InChI is InChI=1S/C13H25N3O3S/c1-20-6-5-11(16-13(14)19)12(18)15-7-9-3-2-4-10(9)8-17/h9-11,17H,2-8H2,1H3,(H,15,18)(H3,14,16,19). The van der Waals surface area contributed by atoms with Gasteiger partial charge < -0.3 is 21.5 Å². The van der Waals surface area contributed by atoms with Crippen LogP contribution >= 0.6 is 11.8 Å². The molecule has 0 saturated heterocycles. The monoisotopic (exact) mass is 303 g/mol. The van der Waals surface area contributed by atoms with Crippen LogP contribution in [0.2, 0.25) is 0 Å². The molecule has 116 valence electrons. The Bertz CT molecular complexity index is 328. The Kier molecular flexibility index (Phi) is 7.76. The van der Waals surface area contributed by atoms with Crippen molar-refractivity contribution in [3.05, 3.63) is 0 Å². The summed E-state index contributed by atoms with van der Waals surface area (Å²) in [5.41, 5.74) is 5.09. The summed E-state index contributed by atoms with van der Waals surface area (Å²) < 4.78 is 0. The quantitative estimate of drug-likeness (QED) is 0.517. The molecule has 0 aromatic heterocycles. The first-order valence-electron chi connectivity index (χ1n) is 7.02. The van der Waals surface area contributed by atoms with Crippen LogP contribution in [0.1, 0.15) is 25.7 Å². The van der Waals surface area contributed by atoms with E-state index in [1.54, 1.807) is 11.8 Å². The number of aliphatic hydroxyl groups is 1. The van der Waals surface area contributed by atoms with Crippen molar-refractivity contribution in [3.8, 4) is 0 Å². The minimum Gasteiger partial charge on any atom is -0.396 e. The van der Waals surface area contributed by atoms with Gasteiger partial charge in [0.15, 0.2) is 0 Å². The first-order valence-corrected chi connectivity index (χ1v) is 8.41. The SMILES string of the molecule is CSCCC(NC(N)=O)C(=O)NCC1CCCC1CO. The van der Waals surface area contributed by atoms with Gasteiger partial charge in [-0.1, -0.05) is 6.42 Å². The number of amides is 3. The van der Waals surface area contributed by atoms with Crippen LogP contribution in [0.4, 0.5) is 4.79 Å². The smallest absolute Gasteiger partial charge is 0.312 e. The maximum Gasteiger partial charge on any atom is 0.312 e. The molecule has 0 spiro atoms. The molecule has 5 N–H and O–H groups in total. The third-order valence-electron chi connectivity index (χ3n) is 3.83. The number of hydrogen-bond donors (Lipinski definition) is 4. The molecule has 3 unspecified atom stereocenters. The molecular formula is C13H25N3O3S. The zero-order valence-corrected chi connectivity index (χ0v) is 12.7. The van der Waals surface area contributed by atoms with E-state index in [4.69, 9.17) is 5.73 Å². The van der Waals surface area contributed by atoms with Crippen molar-refractivity contribution in [1.29, 1.82) is 0 Å². The minimum atomic E-state index is -0.680. The van der Waals surface area contributed by atoms with E-state index >= 15 is 0 Å². The molecule has 0 heterocycles. The van der Waals surface area contributed by atoms with Crippen molar-refractivity contribution in [2.24, 2.45) is 17.6 Å². The number of urea groups is 1. The molecule has 7 heteroatoms. The van der Waals surface area contributed by atoms with Gasteiger partial charge in [-0.25, -0.2) is 4.79 Å². The summed E-state index contributed by atoms with van der Waals surface area (Å²) in [5.74, 6) is 1.20. The Morgan fingerprint density at radius 2 is 2.10 bits per heavy atom. The summed E-state index contributed by atoms with van der Waals surface area (Å²) in [5, 5.41) is 14.6. The summed E-state index contributed by atoms with van der Waals surface area (Å²) in [7, 11) is 0. The minimum absolute atomic E-state index is 0.177. The topological polar surface area (TPSA) is 104 Å². The van der Waals surface area contributed by atoms with Crippen molar-refractivity contribution in [2.75, 3.05) is 25.2 Å². The number of nitrogens with two attached hydrogens (primary N) is 1. The molecule has 3 atom stereocenters. The predicted octanol–water partition coefficient (Wildman–Crippen LogP) is 0.301. The first-order chi connectivity index (χ1) is 9.58. The van der Waals surface area contributed by atoms with Crippen molar-refractivity contribution in [3.63, 3.8) is 0 Å². The summed E-state index contributed by atoms with van der Waals surface area (Å²) in [6.45, 7) is 0.732. The summed E-state index contributed by atoms with van der Waals surface area (Å²) in [6, 6.07) is -1.26. The third kappa shape index (κ3) is 5.58. The van der Waals surface area contributed by atoms with Gasteiger partial charge in [-0.05, 0) is 43.1 Å². The zero-order chi connectivity index (χ0) is 15.0. The number of carbonyl (C=O) groups excluding carboxylic acids is 2. The van der Waals surface area contributed by atoms with E-state index in [-0.39, 0.29) is 18.4 Å². The lowest BCUT2D eigenvalue weighted by atomic mass is 9.97. The van der Waals surface area contributed by atoms with Crippen LogP contribution < -0.4 is 16.4 Å². The molecule has 1 aliphatic carbocycles. The van der Waals surface area contributed by atoms with Gasteiger partial charge in [0.25, 0.3) is 0 Å². The number of nitrogens with one attached hydrogen (secondary N) is 2. The van der Waals surface area contributed by atoms with Crippen LogP contribution in [-0.4, -0.2) is 48.2 Å². The average Bonchev–Trinajstić information content (AvgIpc) is 2.87. The van der Waals surface area contributed by atoms with E-state index < -0.39 is 12.1 Å². The van der Waals surface area contributed by atoms with Crippen LogP contribution in [0.15, 0.2) is 0 Å². The van der Waals surface area contributed by atoms with Crippen LogP contribution in [0.5, 0.6) is 0 Å². The zero-order valence-electron chi connectivity index (χ0n) is 11.9. The predicted molar refractivity (Wildman–Crippen MR) is 80.4 cm³/mol. The summed E-state index contributed by atoms with van der Waals surface area (Å²) in [4.78, 5) is 23.0. The Labute approximate surface area is 124 Å². The highest BCUT2D eigenvalue weighted by Gasteiger charge is 2.28. The molecule has 0 aromatic rings. The largest absolute Gasteiger partial charge is 0.396 e. The van der Waals surface area contributed by atoms with Gasteiger partial charge in [-0.3, -0.25) is 4.79 Å². The molecule has 1 rings (SSSR count). The lowest BCUT2D eigenvalue weighted by Crippen LogP contribution is -2.49. The van der Waals surface area contributed by atoms with Gasteiger partial charge in [-0.2, -0.15) is 11.8 Å². The number of carbonyl (C=O) groups is 2. The second-order valence-electron chi connectivity index (χ2n) is 5.22. The second-order valence-corrected chi connectivity index (χ2v) is 6.21. The molecule has 0 aromatic carbocycles. The first kappa shape index (κ1) is 17.1. The van der Waals surface area contributed by atoms with E-state index in [9.17, 15) is 14.7 Å². The highest BCUT2D eigenvalue weighted by molar-refractivity contribution is 7.98. The van der Waals surface area contributed by atoms with Crippen LogP contribution in [0.25, 0.3) is 0 Å². The van der Waals surface area contributed by atoms with Crippen molar-refractivity contribution in [1.82, 2.24) is 10.6 Å². The Morgan fingerprint density at radius 3 is 2.70 bits per heavy atom. The second kappa shape index (κ2) is 9.07. The number of thioether (sulfide) groups is 1. The molecule has 0 aliphatic heterocycles. The van der Waals surface area contributed by atoms with Crippen LogP contribution in [-0.2, 0) is 4.79 Å². The number of primary amides is 1. The fourth-order valence-corrected chi connectivity index (χ4v) is 3.13. The molecule has 0 bridgehead atoms. The van der Waals surface area contributed by atoms with Crippen LogP contribution in [0, 0.1) is 11.8 Å². The van der Waals surface area contributed by atoms with E-state index in [0.717, 1.165) is 25.0 Å². The third-order valence-corrected chi connectivity index (χ3v) is 4.48. The van der Waals surface area contributed by atoms with Gasteiger partial charge in [0.2, 0.25) is 5.91 Å². The Hall–Kier alpha value is -0.950. The van der Waals surface area contributed by atoms with Gasteiger partial charge in [-0.15, -0.1) is 0 Å². The molecule has 0 radical (unpaired) electrons. The van der Waals surface area contributed by atoms with Gasteiger partial charge in [0.1, 0.15) is 6.04 Å².